The fraction of sp³-hybridized carbons (Fsp3) is 0.800. The number of aliphatic hydroxyl groups is 1. The molecule has 92 valence electrons. The van der Waals surface area contributed by atoms with Crippen molar-refractivity contribution >= 4 is 11.9 Å². The van der Waals surface area contributed by atoms with Gasteiger partial charge in [0.25, 0.3) is 0 Å². The van der Waals surface area contributed by atoms with Gasteiger partial charge in [-0.1, -0.05) is 0 Å². The first-order chi connectivity index (χ1) is 7.50. The lowest BCUT2D eigenvalue weighted by atomic mass is 10.2. The number of amides is 1. The molecule has 1 saturated heterocycles. The van der Waals surface area contributed by atoms with Gasteiger partial charge in [-0.05, 0) is 6.92 Å². The van der Waals surface area contributed by atoms with Crippen LogP contribution in [-0.4, -0.2) is 64.3 Å². The lowest BCUT2D eigenvalue weighted by molar-refractivity contribution is -0.142. The molecule has 1 amide bonds. The fourth-order valence-electron chi connectivity index (χ4n) is 1.72. The summed E-state index contributed by atoms with van der Waals surface area (Å²) in [7, 11) is 0. The van der Waals surface area contributed by atoms with Crippen LogP contribution in [0, 0.1) is 0 Å². The van der Waals surface area contributed by atoms with Crippen LogP contribution in [0.5, 0.6) is 0 Å². The number of carbonyl (C=O) groups is 2. The maximum Gasteiger partial charge on any atom is 0.303 e. The molecule has 0 aromatic heterocycles. The van der Waals surface area contributed by atoms with Crippen molar-refractivity contribution in [3.05, 3.63) is 0 Å². The Morgan fingerprint density at radius 1 is 1.19 bits per heavy atom. The molecule has 1 unspecified atom stereocenters. The Labute approximate surface area is 94.4 Å². The highest BCUT2D eigenvalue weighted by molar-refractivity contribution is 5.80. The number of hydrogen-bond donors (Lipinski definition) is 2. The van der Waals surface area contributed by atoms with Gasteiger partial charge in [0.15, 0.2) is 0 Å². The van der Waals surface area contributed by atoms with E-state index in [1.807, 2.05) is 4.90 Å². The molecule has 0 spiro atoms. The van der Waals surface area contributed by atoms with Gasteiger partial charge < -0.3 is 15.1 Å². The van der Waals surface area contributed by atoms with Crippen LogP contribution < -0.4 is 0 Å². The minimum atomic E-state index is -0.948. The first-order valence-corrected chi connectivity index (χ1v) is 5.42. The van der Waals surface area contributed by atoms with Gasteiger partial charge in [0.05, 0.1) is 6.42 Å². The molecule has 1 heterocycles. The molecule has 2 N–H and O–H groups in total. The molecule has 1 fully saturated rings. The van der Waals surface area contributed by atoms with E-state index >= 15 is 0 Å². The number of carboxylic acids is 1. The van der Waals surface area contributed by atoms with Crippen LogP contribution in [0.2, 0.25) is 0 Å². The number of piperazine rings is 1. The number of carbonyl (C=O) groups excluding carboxylic acids is 1. The number of aliphatic carboxylic acids is 1. The quantitative estimate of drug-likeness (QED) is 0.669. The molecule has 16 heavy (non-hydrogen) atoms. The molecule has 0 radical (unpaired) electrons. The third kappa shape index (κ3) is 3.79. The number of carboxylic acid groups (broad SMARTS) is 1. The van der Waals surface area contributed by atoms with Gasteiger partial charge in [-0.3, -0.25) is 14.5 Å². The number of hydrogen-bond acceptors (Lipinski definition) is 4. The van der Waals surface area contributed by atoms with E-state index < -0.39 is 12.2 Å². The van der Waals surface area contributed by atoms with Crippen LogP contribution in [0.25, 0.3) is 0 Å². The Hall–Kier alpha value is -1.14. The summed E-state index contributed by atoms with van der Waals surface area (Å²) in [5.74, 6) is -1.07. The second kappa shape index (κ2) is 5.81. The van der Waals surface area contributed by atoms with Gasteiger partial charge in [-0.2, -0.15) is 0 Å². The van der Waals surface area contributed by atoms with Crippen molar-refractivity contribution in [2.24, 2.45) is 0 Å². The van der Waals surface area contributed by atoms with Crippen molar-refractivity contribution in [3.8, 4) is 0 Å². The molecule has 1 atom stereocenters. The molecule has 1 rings (SSSR count). The van der Waals surface area contributed by atoms with Gasteiger partial charge in [0.2, 0.25) is 5.91 Å². The molecular formula is C10H18N2O4. The molecule has 0 saturated carbocycles. The molecule has 0 bridgehead atoms. The third-order valence-corrected chi connectivity index (χ3v) is 2.75. The summed E-state index contributed by atoms with van der Waals surface area (Å²) in [5, 5.41) is 17.8. The molecule has 0 aromatic carbocycles. The first kappa shape index (κ1) is 12.9. The lowest BCUT2D eigenvalue weighted by Gasteiger charge is -2.36. The topological polar surface area (TPSA) is 81.1 Å². The van der Waals surface area contributed by atoms with Crippen molar-refractivity contribution in [1.82, 2.24) is 9.80 Å². The van der Waals surface area contributed by atoms with Crippen LogP contribution >= 0.6 is 0 Å². The Balaban J connectivity index is 2.30. The normalized spacial score (nSPS) is 19.5. The molecule has 0 aromatic rings. The Morgan fingerprint density at radius 3 is 2.19 bits per heavy atom. The predicted octanol–water partition coefficient (Wildman–Crippen LogP) is -0.666. The summed E-state index contributed by atoms with van der Waals surface area (Å²) in [6.45, 7) is 4.08. The second-order valence-electron chi connectivity index (χ2n) is 3.94. The molecular weight excluding hydrogens is 212 g/mol. The summed E-state index contributed by atoms with van der Waals surface area (Å²) in [4.78, 5) is 25.4. The SMILES string of the molecule is CC(O)N1CCN(C(=O)CCC(=O)O)CC1. The Morgan fingerprint density at radius 2 is 1.75 bits per heavy atom. The first-order valence-electron chi connectivity index (χ1n) is 5.42. The van der Waals surface area contributed by atoms with Gasteiger partial charge in [-0.25, -0.2) is 0 Å². The molecule has 1 aliphatic rings. The van der Waals surface area contributed by atoms with E-state index in [4.69, 9.17) is 5.11 Å². The summed E-state index contributed by atoms with van der Waals surface area (Å²) in [6.07, 6.45) is -0.546. The minimum Gasteiger partial charge on any atom is -0.481 e. The molecule has 1 aliphatic heterocycles. The van der Waals surface area contributed by atoms with Crippen LogP contribution in [0.4, 0.5) is 0 Å². The van der Waals surface area contributed by atoms with E-state index in [2.05, 4.69) is 0 Å². The molecule has 6 heteroatoms. The van der Waals surface area contributed by atoms with Crippen LogP contribution in [0.1, 0.15) is 19.8 Å². The van der Waals surface area contributed by atoms with Crippen molar-refractivity contribution in [1.29, 1.82) is 0 Å². The largest absolute Gasteiger partial charge is 0.481 e. The zero-order valence-corrected chi connectivity index (χ0v) is 9.43. The highest BCUT2D eigenvalue weighted by Gasteiger charge is 2.22. The van der Waals surface area contributed by atoms with Gasteiger partial charge >= 0.3 is 5.97 Å². The summed E-state index contributed by atoms with van der Waals surface area (Å²) >= 11 is 0. The fourth-order valence-corrected chi connectivity index (χ4v) is 1.72. The average Bonchev–Trinajstić information content (AvgIpc) is 2.26. The van der Waals surface area contributed by atoms with E-state index in [1.54, 1.807) is 11.8 Å². The molecule has 6 nitrogen and oxygen atoms in total. The highest BCUT2D eigenvalue weighted by atomic mass is 16.4. The molecule has 0 aliphatic carbocycles. The van der Waals surface area contributed by atoms with E-state index in [1.165, 1.54) is 0 Å². The number of nitrogens with zero attached hydrogens (tertiary/aromatic N) is 2. The summed E-state index contributed by atoms with van der Waals surface area (Å²) in [6, 6.07) is 0. The zero-order chi connectivity index (χ0) is 12.1. The number of aliphatic hydroxyl groups excluding tert-OH is 1. The summed E-state index contributed by atoms with van der Waals surface area (Å²) in [5.41, 5.74) is 0. The maximum absolute atomic E-state index is 11.6. The summed E-state index contributed by atoms with van der Waals surface area (Å²) < 4.78 is 0. The predicted molar refractivity (Wildman–Crippen MR) is 56.7 cm³/mol. The van der Waals surface area contributed by atoms with Gasteiger partial charge in [-0.15, -0.1) is 0 Å². The highest BCUT2D eigenvalue weighted by Crippen LogP contribution is 2.07. The van der Waals surface area contributed by atoms with E-state index in [-0.39, 0.29) is 18.7 Å². The average molecular weight is 230 g/mol. The second-order valence-corrected chi connectivity index (χ2v) is 3.94. The Kier molecular flexibility index (Phi) is 4.70. The lowest BCUT2D eigenvalue weighted by Crippen LogP contribution is -2.51. The maximum atomic E-state index is 11.6. The Bertz CT molecular complexity index is 260. The number of rotatable bonds is 4. The van der Waals surface area contributed by atoms with Crippen molar-refractivity contribution in [2.75, 3.05) is 26.2 Å². The van der Waals surface area contributed by atoms with E-state index in [0.29, 0.717) is 26.2 Å². The van der Waals surface area contributed by atoms with Crippen LogP contribution in [0.3, 0.4) is 0 Å². The third-order valence-electron chi connectivity index (χ3n) is 2.75. The van der Waals surface area contributed by atoms with Crippen molar-refractivity contribution < 1.29 is 19.8 Å². The monoisotopic (exact) mass is 230 g/mol. The van der Waals surface area contributed by atoms with Crippen LogP contribution in [0.15, 0.2) is 0 Å². The van der Waals surface area contributed by atoms with E-state index in [0.717, 1.165) is 0 Å². The zero-order valence-electron chi connectivity index (χ0n) is 9.43. The van der Waals surface area contributed by atoms with Gasteiger partial charge in [0.1, 0.15) is 6.23 Å². The van der Waals surface area contributed by atoms with Crippen molar-refractivity contribution in [2.45, 2.75) is 26.0 Å². The van der Waals surface area contributed by atoms with Gasteiger partial charge in [0, 0.05) is 32.6 Å². The van der Waals surface area contributed by atoms with Crippen molar-refractivity contribution in [3.63, 3.8) is 0 Å². The standard InChI is InChI=1S/C10H18N2O4/c1-8(13)11-4-6-12(7-5-11)9(14)2-3-10(15)16/h8,13H,2-7H2,1H3,(H,15,16). The van der Waals surface area contributed by atoms with Crippen LogP contribution in [-0.2, 0) is 9.59 Å². The van der Waals surface area contributed by atoms with E-state index in [9.17, 15) is 14.7 Å². The smallest absolute Gasteiger partial charge is 0.303 e. The minimum absolute atomic E-state index is 0.0595.